The fourth-order valence-corrected chi connectivity index (χ4v) is 2.54. The molecule has 5 heteroatoms. The lowest BCUT2D eigenvalue weighted by molar-refractivity contribution is 0.417. The van der Waals surface area contributed by atoms with Gasteiger partial charge in [-0.25, -0.2) is 0 Å². The quantitative estimate of drug-likeness (QED) is 0.372. The number of nitrogens with zero attached hydrogens (tertiary/aromatic N) is 1. The van der Waals surface area contributed by atoms with E-state index in [-0.39, 0.29) is 0 Å². The van der Waals surface area contributed by atoms with E-state index in [1.165, 1.54) is 4.90 Å². The van der Waals surface area contributed by atoms with E-state index in [1.54, 1.807) is 18.9 Å². The summed E-state index contributed by atoms with van der Waals surface area (Å²) in [5.41, 5.74) is 6.70. The lowest BCUT2D eigenvalue weighted by atomic mass is 10.3. The molecule has 0 fully saturated rings. The Morgan fingerprint density at radius 3 is 2.62 bits per heavy atom. The van der Waals surface area contributed by atoms with Crippen molar-refractivity contribution in [1.29, 1.82) is 0 Å². The Morgan fingerprint density at radius 1 is 1.14 bits per heavy atom. The molecule has 4 nitrogen and oxygen atoms in total. The number of ether oxygens (including phenoxy) is 1. The highest BCUT2D eigenvalue weighted by molar-refractivity contribution is 7.99. The van der Waals surface area contributed by atoms with E-state index in [2.05, 4.69) is 22.4 Å². The lowest BCUT2D eigenvalue weighted by Crippen LogP contribution is -2.23. The van der Waals surface area contributed by atoms with Crippen molar-refractivity contribution in [3.8, 4) is 5.75 Å². The Hall–Kier alpha value is -2.14. The van der Waals surface area contributed by atoms with Gasteiger partial charge in [0.05, 0.1) is 19.3 Å². The van der Waals surface area contributed by atoms with Crippen LogP contribution in [0.25, 0.3) is 0 Å². The first-order valence-corrected chi connectivity index (χ1v) is 7.66. The molecule has 2 aromatic rings. The molecule has 0 aliphatic rings. The summed E-state index contributed by atoms with van der Waals surface area (Å²) in [6, 6.07) is 17.9. The number of rotatable bonds is 6. The fourth-order valence-electron chi connectivity index (χ4n) is 1.77. The van der Waals surface area contributed by atoms with E-state index < -0.39 is 0 Å². The highest BCUT2D eigenvalue weighted by atomic mass is 32.2. The normalized spacial score (nSPS) is 11.2. The molecule has 21 heavy (non-hydrogen) atoms. The van der Waals surface area contributed by atoms with Crippen molar-refractivity contribution in [1.82, 2.24) is 0 Å². The summed E-state index contributed by atoms with van der Waals surface area (Å²) in [6.07, 6.45) is 0. The smallest absolute Gasteiger partial charge is 0.193 e. The van der Waals surface area contributed by atoms with Crippen LogP contribution in [0.15, 0.2) is 64.5 Å². The van der Waals surface area contributed by atoms with Gasteiger partial charge in [0.1, 0.15) is 5.75 Å². The summed E-state index contributed by atoms with van der Waals surface area (Å²) >= 11 is 1.76. The third-order valence-electron chi connectivity index (χ3n) is 2.76. The van der Waals surface area contributed by atoms with Gasteiger partial charge in [-0.3, -0.25) is 4.99 Å². The zero-order chi connectivity index (χ0) is 14.9. The molecule has 110 valence electrons. The molecule has 0 saturated carbocycles. The minimum absolute atomic E-state index is 0.396. The van der Waals surface area contributed by atoms with Crippen molar-refractivity contribution < 1.29 is 4.74 Å². The topological polar surface area (TPSA) is 59.6 Å². The average Bonchev–Trinajstić information content (AvgIpc) is 2.53. The number of nitrogens with two attached hydrogens (primary N) is 1. The molecule has 0 aliphatic carbocycles. The van der Waals surface area contributed by atoms with Crippen molar-refractivity contribution in [2.24, 2.45) is 10.7 Å². The first-order chi connectivity index (χ1) is 10.3. The van der Waals surface area contributed by atoms with Crippen LogP contribution in [0, 0.1) is 0 Å². The van der Waals surface area contributed by atoms with E-state index in [0.29, 0.717) is 12.5 Å². The second kappa shape index (κ2) is 8.21. The predicted octanol–water partition coefficient (Wildman–Crippen LogP) is 3.21. The number of aliphatic imine (C=N–C) groups is 1. The van der Waals surface area contributed by atoms with Gasteiger partial charge in [0.15, 0.2) is 5.96 Å². The molecule has 0 spiro atoms. The molecule has 0 heterocycles. The number of benzene rings is 2. The van der Waals surface area contributed by atoms with Crippen molar-refractivity contribution in [3.05, 3.63) is 54.6 Å². The van der Waals surface area contributed by atoms with Crippen LogP contribution in [0.5, 0.6) is 5.75 Å². The van der Waals surface area contributed by atoms with E-state index in [1.807, 2.05) is 42.5 Å². The van der Waals surface area contributed by atoms with Crippen molar-refractivity contribution in [3.63, 3.8) is 0 Å². The molecular formula is C16H19N3OS. The number of nitrogens with one attached hydrogen (secondary N) is 1. The summed E-state index contributed by atoms with van der Waals surface area (Å²) in [5, 5.41) is 3.05. The highest BCUT2D eigenvalue weighted by Crippen LogP contribution is 2.22. The first-order valence-electron chi connectivity index (χ1n) is 6.67. The van der Waals surface area contributed by atoms with Gasteiger partial charge in [0.2, 0.25) is 0 Å². The van der Waals surface area contributed by atoms with E-state index in [9.17, 15) is 0 Å². The van der Waals surface area contributed by atoms with E-state index in [4.69, 9.17) is 10.5 Å². The predicted molar refractivity (Wildman–Crippen MR) is 90.3 cm³/mol. The third kappa shape index (κ3) is 5.04. The van der Waals surface area contributed by atoms with Crippen LogP contribution in [-0.4, -0.2) is 25.4 Å². The van der Waals surface area contributed by atoms with Gasteiger partial charge >= 0.3 is 0 Å². The molecule has 3 N–H and O–H groups in total. The van der Waals surface area contributed by atoms with Crippen molar-refractivity contribution >= 4 is 23.4 Å². The number of anilines is 1. The number of hydrogen-bond acceptors (Lipinski definition) is 3. The summed E-state index contributed by atoms with van der Waals surface area (Å²) in [7, 11) is 1.63. The maximum absolute atomic E-state index is 5.88. The Kier molecular flexibility index (Phi) is 5.97. The van der Waals surface area contributed by atoms with Crippen LogP contribution in [0.3, 0.4) is 0 Å². The number of guanidine groups is 1. The molecule has 2 rings (SSSR count). The third-order valence-corrected chi connectivity index (χ3v) is 3.75. The van der Waals surface area contributed by atoms with Crippen molar-refractivity contribution in [2.75, 3.05) is 24.7 Å². The van der Waals surface area contributed by atoms with E-state index in [0.717, 1.165) is 17.2 Å². The maximum atomic E-state index is 5.88. The van der Waals surface area contributed by atoms with Gasteiger partial charge in [0, 0.05) is 10.6 Å². The molecule has 0 radical (unpaired) electrons. The molecule has 0 aliphatic heterocycles. The molecule has 0 unspecified atom stereocenters. The lowest BCUT2D eigenvalue weighted by Gasteiger charge is -2.10. The van der Waals surface area contributed by atoms with Crippen LogP contribution < -0.4 is 15.8 Å². The Bertz CT molecular complexity index is 587. The maximum Gasteiger partial charge on any atom is 0.193 e. The zero-order valence-corrected chi connectivity index (χ0v) is 12.8. The number of hydrogen-bond donors (Lipinski definition) is 2. The Balaban J connectivity index is 1.81. The zero-order valence-electron chi connectivity index (χ0n) is 12.0. The van der Waals surface area contributed by atoms with Gasteiger partial charge in [-0.05, 0) is 24.3 Å². The monoisotopic (exact) mass is 301 g/mol. The van der Waals surface area contributed by atoms with Crippen LogP contribution in [0.1, 0.15) is 0 Å². The minimum atomic E-state index is 0.396. The van der Waals surface area contributed by atoms with Crippen LogP contribution in [-0.2, 0) is 0 Å². The fraction of sp³-hybridized carbons (Fsp3) is 0.188. The van der Waals surface area contributed by atoms with Crippen molar-refractivity contribution in [2.45, 2.75) is 4.90 Å². The number of thioether (sulfide) groups is 1. The average molecular weight is 301 g/mol. The Morgan fingerprint density at radius 2 is 1.86 bits per heavy atom. The van der Waals surface area contributed by atoms with Crippen LogP contribution in [0.4, 0.5) is 5.69 Å². The molecule has 0 aromatic heterocycles. The molecule has 0 amide bonds. The highest BCUT2D eigenvalue weighted by Gasteiger charge is 2.01. The van der Waals surface area contributed by atoms with Gasteiger partial charge in [0.25, 0.3) is 0 Å². The van der Waals surface area contributed by atoms with E-state index >= 15 is 0 Å². The molecule has 0 saturated heterocycles. The summed E-state index contributed by atoms with van der Waals surface area (Å²) in [4.78, 5) is 5.56. The van der Waals surface area contributed by atoms with Gasteiger partial charge in [-0.2, -0.15) is 0 Å². The first kappa shape index (κ1) is 15.3. The molecular weight excluding hydrogens is 282 g/mol. The second-order valence-electron chi connectivity index (χ2n) is 4.25. The number of methoxy groups -OCH3 is 1. The van der Waals surface area contributed by atoms with Gasteiger partial charge < -0.3 is 15.8 Å². The molecule has 0 bridgehead atoms. The Labute approximate surface area is 129 Å². The second-order valence-corrected chi connectivity index (χ2v) is 5.42. The van der Waals surface area contributed by atoms with Crippen LogP contribution in [0.2, 0.25) is 0 Å². The molecule has 2 aromatic carbocycles. The number of para-hydroxylation sites is 2. The minimum Gasteiger partial charge on any atom is -0.495 e. The standard InChI is InChI=1S/C16H19N3OS/c1-20-15-10-6-5-9-14(15)19-16(17)18-11-12-21-13-7-3-2-4-8-13/h2-10H,11-12H2,1H3,(H3,17,18,19). The largest absolute Gasteiger partial charge is 0.495 e. The van der Waals surface area contributed by atoms with Crippen LogP contribution >= 0.6 is 11.8 Å². The molecule has 0 atom stereocenters. The SMILES string of the molecule is COc1ccccc1NC(N)=NCCSc1ccccc1. The van der Waals surface area contributed by atoms with Gasteiger partial charge in [-0.15, -0.1) is 11.8 Å². The summed E-state index contributed by atoms with van der Waals surface area (Å²) in [5.74, 6) is 2.03. The van der Waals surface area contributed by atoms with Gasteiger partial charge in [-0.1, -0.05) is 30.3 Å². The summed E-state index contributed by atoms with van der Waals surface area (Å²) in [6.45, 7) is 0.660. The summed E-state index contributed by atoms with van der Waals surface area (Å²) < 4.78 is 5.25.